The van der Waals surface area contributed by atoms with Gasteiger partial charge in [-0.1, -0.05) is 60.7 Å². The molecule has 54 heavy (non-hydrogen) atoms. The SMILES string of the molecule is CCOC(=O)c1nc(-n2cnc(C)n2)n(C)c(=O)c1OCc1ccccc1.CCOC(=O)c1nc(-n2ncnc2C)n(C)c(=O)c1OCc1ccccc1. The van der Waals surface area contributed by atoms with Crippen LogP contribution in [0.3, 0.4) is 0 Å². The Kier molecular flexibility index (Phi) is 12.4. The number of benzene rings is 2. The molecule has 4 heterocycles. The summed E-state index contributed by atoms with van der Waals surface area (Å²) in [6, 6.07) is 18.6. The highest BCUT2D eigenvalue weighted by molar-refractivity contribution is 5.90. The van der Waals surface area contributed by atoms with Gasteiger partial charge in [-0.25, -0.2) is 29.5 Å². The Morgan fingerprint density at radius 1 is 0.685 bits per heavy atom. The van der Waals surface area contributed by atoms with Crippen molar-refractivity contribution in [3.63, 3.8) is 0 Å². The van der Waals surface area contributed by atoms with Gasteiger partial charge >= 0.3 is 11.9 Å². The van der Waals surface area contributed by atoms with Crippen molar-refractivity contribution < 1.29 is 28.5 Å². The quantitative estimate of drug-likeness (QED) is 0.166. The predicted molar refractivity (Wildman–Crippen MR) is 192 cm³/mol. The van der Waals surface area contributed by atoms with Gasteiger partial charge in [0.2, 0.25) is 23.4 Å². The van der Waals surface area contributed by atoms with E-state index in [9.17, 15) is 19.2 Å². The Balaban J connectivity index is 0.000000208. The molecule has 18 nitrogen and oxygen atoms in total. The average Bonchev–Trinajstić information content (AvgIpc) is 3.81. The third-order valence-corrected chi connectivity index (χ3v) is 7.56. The number of carbonyl (C=O) groups excluding carboxylic acids is 2. The van der Waals surface area contributed by atoms with Crippen LogP contribution in [0.1, 0.15) is 57.6 Å². The van der Waals surface area contributed by atoms with Crippen LogP contribution < -0.4 is 20.6 Å². The maximum atomic E-state index is 12.9. The van der Waals surface area contributed by atoms with Crippen LogP contribution in [0.25, 0.3) is 11.9 Å². The average molecular weight is 739 g/mol. The molecule has 0 saturated heterocycles. The summed E-state index contributed by atoms with van der Waals surface area (Å²) in [5, 5.41) is 8.19. The van der Waals surface area contributed by atoms with Gasteiger partial charge in [-0.3, -0.25) is 18.7 Å². The summed E-state index contributed by atoms with van der Waals surface area (Å²) < 4.78 is 26.6. The lowest BCUT2D eigenvalue weighted by Gasteiger charge is -2.14. The standard InChI is InChI=1S/2C18H19N5O4/c1-4-26-17(25)14-15(27-10-13-8-6-5-7-9-13)16(24)22(3)18(20-14)23-11-19-12(2)21-23;1-4-26-17(25)14-15(27-10-13-8-6-5-7-9-13)16(24)22(3)18(21-14)23-12(2)19-11-20-23/h2*5-9,11H,4,10H2,1-3H3. The molecule has 18 heteroatoms. The Bertz CT molecular complexity index is 2350. The van der Waals surface area contributed by atoms with Gasteiger partial charge in [0.25, 0.3) is 11.1 Å². The van der Waals surface area contributed by atoms with E-state index < -0.39 is 23.1 Å². The predicted octanol–water partition coefficient (Wildman–Crippen LogP) is 2.85. The Morgan fingerprint density at radius 3 is 1.59 bits per heavy atom. The first-order valence-electron chi connectivity index (χ1n) is 16.7. The molecule has 0 unspecified atom stereocenters. The van der Waals surface area contributed by atoms with Gasteiger partial charge in [0, 0.05) is 14.1 Å². The summed E-state index contributed by atoms with van der Waals surface area (Å²) in [5.74, 6) is -0.507. The summed E-state index contributed by atoms with van der Waals surface area (Å²) in [4.78, 5) is 67.1. The summed E-state index contributed by atoms with van der Waals surface area (Å²) in [7, 11) is 3.04. The second-order valence-electron chi connectivity index (χ2n) is 11.4. The number of nitrogens with zero attached hydrogens (tertiary/aromatic N) is 10. The van der Waals surface area contributed by atoms with Gasteiger partial charge in [-0.15, -0.1) is 5.10 Å². The fraction of sp³-hybridized carbons (Fsp3) is 0.278. The first kappa shape index (κ1) is 38.3. The van der Waals surface area contributed by atoms with Gasteiger partial charge in [-0.2, -0.15) is 14.5 Å². The normalized spacial score (nSPS) is 10.6. The summed E-state index contributed by atoms with van der Waals surface area (Å²) in [5.41, 5.74) is 0.275. The Labute approximate surface area is 308 Å². The van der Waals surface area contributed by atoms with E-state index in [-0.39, 0.29) is 61.2 Å². The van der Waals surface area contributed by atoms with E-state index >= 15 is 0 Å². The van der Waals surface area contributed by atoms with E-state index in [0.717, 1.165) is 11.1 Å². The zero-order valence-corrected chi connectivity index (χ0v) is 30.5. The van der Waals surface area contributed by atoms with E-state index in [4.69, 9.17) is 18.9 Å². The molecule has 0 spiro atoms. The maximum absolute atomic E-state index is 12.9. The fourth-order valence-electron chi connectivity index (χ4n) is 4.87. The third-order valence-electron chi connectivity index (χ3n) is 7.56. The smallest absolute Gasteiger partial charge is 0.361 e. The number of aromatic nitrogens is 10. The van der Waals surface area contributed by atoms with Gasteiger partial charge in [0.1, 0.15) is 37.5 Å². The molecule has 4 aromatic heterocycles. The van der Waals surface area contributed by atoms with Crippen LogP contribution in [0.5, 0.6) is 11.5 Å². The maximum Gasteiger partial charge on any atom is 0.361 e. The highest BCUT2D eigenvalue weighted by Gasteiger charge is 2.26. The lowest BCUT2D eigenvalue weighted by molar-refractivity contribution is 0.0502. The number of hydrogen-bond donors (Lipinski definition) is 0. The molecule has 0 bridgehead atoms. The molecule has 0 N–H and O–H groups in total. The highest BCUT2D eigenvalue weighted by Crippen LogP contribution is 2.18. The number of rotatable bonds is 12. The summed E-state index contributed by atoms with van der Waals surface area (Å²) in [6.07, 6.45) is 2.75. The minimum atomic E-state index is -0.739. The van der Waals surface area contributed by atoms with Crippen molar-refractivity contribution in [2.24, 2.45) is 14.1 Å². The van der Waals surface area contributed by atoms with Crippen LogP contribution in [0.4, 0.5) is 0 Å². The van der Waals surface area contributed by atoms with Crippen LogP contribution in [0, 0.1) is 13.8 Å². The van der Waals surface area contributed by atoms with Crippen molar-refractivity contribution in [3.05, 3.63) is 128 Å². The first-order chi connectivity index (χ1) is 26.0. The molecule has 0 saturated carbocycles. The molecule has 0 amide bonds. The highest BCUT2D eigenvalue weighted by atomic mass is 16.5. The Hall–Kier alpha value is -6.98. The van der Waals surface area contributed by atoms with Crippen molar-refractivity contribution in [3.8, 4) is 23.4 Å². The van der Waals surface area contributed by atoms with E-state index in [1.807, 2.05) is 60.7 Å². The van der Waals surface area contributed by atoms with Crippen molar-refractivity contribution in [2.45, 2.75) is 40.9 Å². The first-order valence-corrected chi connectivity index (χ1v) is 16.7. The molecular weight excluding hydrogens is 700 g/mol. The summed E-state index contributed by atoms with van der Waals surface area (Å²) >= 11 is 0. The lowest BCUT2D eigenvalue weighted by Crippen LogP contribution is -2.29. The molecule has 0 aliphatic rings. The van der Waals surface area contributed by atoms with Crippen molar-refractivity contribution in [2.75, 3.05) is 13.2 Å². The molecule has 6 rings (SSSR count). The fourth-order valence-corrected chi connectivity index (χ4v) is 4.87. The van der Waals surface area contributed by atoms with Gasteiger partial charge in [-0.05, 0) is 38.8 Å². The minimum Gasteiger partial charge on any atom is -0.481 e. The van der Waals surface area contributed by atoms with Crippen molar-refractivity contribution in [1.29, 1.82) is 0 Å². The zero-order chi connectivity index (χ0) is 38.8. The van der Waals surface area contributed by atoms with Crippen molar-refractivity contribution in [1.82, 2.24) is 48.6 Å². The molecular formula is C36H38N10O8. The van der Waals surface area contributed by atoms with Crippen LogP contribution in [0.2, 0.25) is 0 Å². The van der Waals surface area contributed by atoms with Crippen molar-refractivity contribution >= 4 is 11.9 Å². The van der Waals surface area contributed by atoms with Gasteiger partial charge in [0.15, 0.2) is 11.4 Å². The van der Waals surface area contributed by atoms with Crippen LogP contribution in [-0.4, -0.2) is 73.8 Å². The van der Waals surface area contributed by atoms with Gasteiger partial charge in [0.05, 0.1) is 13.2 Å². The second-order valence-corrected chi connectivity index (χ2v) is 11.4. The van der Waals surface area contributed by atoms with Crippen LogP contribution >= 0.6 is 0 Å². The molecule has 0 aliphatic heterocycles. The van der Waals surface area contributed by atoms with E-state index in [0.29, 0.717) is 11.6 Å². The molecule has 2 aromatic carbocycles. The monoisotopic (exact) mass is 738 g/mol. The lowest BCUT2D eigenvalue weighted by atomic mass is 10.2. The minimum absolute atomic E-state index is 0.117. The number of hydrogen-bond acceptors (Lipinski definition) is 14. The molecule has 280 valence electrons. The third kappa shape index (κ3) is 8.72. The second kappa shape index (κ2) is 17.5. The number of ether oxygens (including phenoxy) is 4. The van der Waals surface area contributed by atoms with E-state index in [1.165, 1.54) is 45.2 Å². The number of carbonyl (C=O) groups is 2. The zero-order valence-electron chi connectivity index (χ0n) is 30.5. The molecule has 0 radical (unpaired) electrons. The molecule has 6 aromatic rings. The number of aryl methyl sites for hydroxylation is 2. The van der Waals surface area contributed by atoms with Gasteiger partial charge < -0.3 is 18.9 Å². The topological polar surface area (TPSA) is 202 Å². The molecule has 0 atom stereocenters. The molecule has 0 aliphatic carbocycles. The van der Waals surface area contributed by atoms with Crippen LogP contribution in [-0.2, 0) is 36.8 Å². The van der Waals surface area contributed by atoms with E-state index in [2.05, 4.69) is 30.1 Å². The van der Waals surface area contributed by atoms with Crippen LogP contribution in [0.15, 0.2) is 82.9 Å². The largest absolute Gasteiger partial charge is 0.481 e. The Morgan fingerprint density at radius 2 is 1.17 bits per heavy atom. The summed E-state index contributed by atoms with van der Waals surface area (Å²) in [6.45, 7) is 7.28. The molecule has 0 fully saturated rings. The van der Waals surface area contributed by atoms with E-state index in [1.54, 1.807) is 27.7 Å². The number of esters is 2.